The first-order valence-corrected chi connectivity index (χ1v) is 19.7. The van der Waals surface area contributed by atoms with E-state index in [1.54, 1.807) is 0 Å². The molecule has 58 heavy (non-hydrogen) atoms. The van der Waals surface area contributed by atoms with Crippen molar-refractivity contribution in [1.29, 1.82) is 0 Å². The molecule has 0 unspecified atom stereocenters. The summed E-state index contributed by atoms with van der Waals surface area (Å²) in [5.41, 5.74) is 14.7. The predicted octanol–water partition coefficient (Wildman–Crippen LogP) is 15.4. The summed E-state index contributed by atoms with van der Waals surface area (Å²) >= 11 is 0. The molecule has 0 aliphatic carbocycles. The molecule has 0 aliphatic rings. The van der Waals surface area contributed by atoms with Gasteiger partial charge < -0.3 is 18.3 Å². The van der Waals surface area contributed by atoms with E-state index < -0.39 is 0 Å². The van der Waals surface area contributed by atoms with Crippen molar-refractivity contribution in [1.82, 2.24) is 4.57 Å². The highest BCUT2D eigenvalue weighted by atomic mass is 16.3. The zero-order chi connectivity index (χ0) is 38.2. The number of para-hydroxylation sites is 5. The first-order chi connectivity index (χ1) is 28.8. The van der Waals surface area contributed by atoms with Crippen molar-refractivity contribution in [2.75, 3.05) is 4.90 Å². The molecule has 4 nitrogen and oxygen atoms in total. The minimum Gasteiger partial charge on any atom is -0.456 e. The van der Waals surface area contributed by atoms with Crippen LogP contribution in [0.3, 0.4) is 0 Å². The SMILES string of the molecule is c1ccc(-c2ccccc2-n2c3ccccc3c3ccccc32)c(-c2ccc(N(c3cccc4oc5ccccc5c34)c3cccc4oc5ccccc5c34)cc2)c1. The molecule has 3 heterocycles. The van der Waals surface area contributed by atoms with Gasteiger partial charge in [-0.05, 0) is 83.4 Å². The molecule has 12 aromatic rings. The normalized spacial score (nSPS) is 11.8. The first kappa shape index (κ1) is 32.4. The van der Waals surface area contributed by atoms with Gasteiger partial charge in [-0.25, -0.2) is 0 Å². The number of hydrogen-bond donors (Lipinski definition) is 0. The second-order valence-corrected chi connectivity index (χ2v) is 14.8. The quantitative estimate of drug-likeness (QED) is 0.170. The summed E-state index contributed by atoms with van der Waals surface area (Å²) in [4.78, 5) is 2.36. The van der Waals surface area contributed by atoms with Crippen LogP contribution in [0.15, 0.2) is 215 Å². The summed E-state index contributed by atoms with van der Waals surface area (Å²) in [7, 11) is 0. The van der Waals surface area contributed by atoms with Gasteiger partial charge in [0, 0.05) is 32.8 Å². The lowest BCUT2D eigenvalue weighted by Gasteiger charge is -2.27. The lowest BCUT2D eigenvalue weighted by atomic mass is 9.93. The van der Waals surface area contributed by atoms with Gasteiger partial charge in [-0.3, -0.25) is 0 Å². The van der Waals surface area contributed by atoms with Gasteiger partial charge in [-0.15, -0.1) is 0 Å². The van der Waals surface area contributed by atoms with Crippen LogP contribution in [0.4, 0.5) is 17.1 Å². The summed E-state index contributed by atoms with van der Waals surface area (Å²) in [6.45, 7) is 0. The molecule has 0 saturated carbocycles. The Labute approximate surface area is 334 Å². The maximum absolute atomic E-state index is 6.43. The largest absolute Gasteiger partial charge is 0.456 e. The zero-order valence-electron chi connectivity index (χ0n) is 31.3. The second-order valence-electron chi connectivity index (χ2n) is 14.8. The fourth-order valence-corrected chi connectivity index (χ4v) is 9.13. The van der Waals surface area contributed by atoms with Gasteiger partial charge in [0.25, 0.3) is 0 Å². The van der Waals surface area contributed by atoms with E-state index in [0.717, 1.165) is 72.2 Å². The Morgan fingerprint density at radius 1 is 0.328 bits per heavy atom. The van der Waals surface area contributed by atoms with E-state index in [-0.39, 0.29) is 0 Å². The van der Waals surface area contributed by atoms with Gasteiger partial charge in [0.15, 0.2) is 0 Å². The number of anilines is 3. The van der Waals surface area contributed by atoms with Gasteiger partial charge in [0.2, 0.25) is 0 Å². The Bertz CT molecular complexity index is 3360. The van der Waals surface area contributed by atoms with E-state index >= 15 is 0 Å². The van der Waals surface area contributed by atoms with Gasteiger partial charge in [-0.1, -0.05) is 140 Å². The molecular weight excluding hydrogens is 709 g/mol. The number of hydrogen-bond acceptors (Lipinski definition) is 3. The molecule has 4 heteroatoms. The number of rotatable bonds is 6. The summed E-state index contributed by atoms with van der Waals surface area (Å²) in [5, 5.41) is 6.79. The van der Waals surface area contributed by atoms with Crippen molar-refractivity contribution in [2.24, 2.45) is 0 Å². The molecule has 0 bridgehead atoms. The van der Waals surface area contributed by atoms with Crippen LogP contribution in [0.25, 0.3) is 93.6 Å². The summed E-state index contributed by atoms with van der Waals surface area (Å²) in [5.74, 6) is 0. The van der Waals surface area contributed by atoms with Crippen molar-refractivity contribution in [3.63, 3.8) is 0 Å². The Hall–Kier alpha value is -7.82. The van der Waals surface area contributed by atoms with Crippen LogP contribution in [0.5, 0.6) is 0 Å². The summed E-state index contributed by atoms with van der Waals surface area (Å²) in [6, 6.07) is 73.2. The van der Waals surface area contributed by atoms with E-state index in [2.05, 4.69) is 191 Å². The van der Waals surface area contributed by atoms with Crippen molar-refractivity contribution in [2.45, 2.75) is 0 Å². The average Bonchev–Trinajstić information content (AvgIpc) is 3.97. The third-order valence-electron chi connectivity index (χ3n) is 11.6. The van der Waals surface area contributed by atoms with Crippen molar-refractivity contribution >= 4 is 82.7 Å². The van der Waals surface area contributed by atoms with Crippen LogP contribution in [-0.4, -0.2) is 4.57 Å². The van der Waals surface area contributed by atoms with Crippen molar-refractivity contribution in [3.05, 3.63) is 206 Å². The van der Waals surface area contributed by atoms with Crippen LogP contribution in [0.2, 0.25) is 0 Å². The van der Waals surface area contributed by atoms with E-state index in [1.807, 2.05) is 24.3 Å². The molecule has 0 atom stereocenters. The molecular formula is C54H34N2O2. The number of aromatic nitrogens is 1. The van der Waals surface area contributed by atoms with Crippen LogP contribution in [-0.2, 0) is 0 Å². The maximum Gasteiger partial charge on any atom is 0.137 e. The van der Waals surface area contributed by atoms with Gasteiger partial charge in [-0.2, -0.15) is 0 Å². The van der Waals surface area contributed by atoms with E-state index in [0.29, 0.717) is 0 Å². The molecule has 9 aromatic carbocycles. The Balaban J connectivity index is 1.05. The molecule has 0 aliphatic heterocycles. The summed E-state index contributed by atoms with van der Waals surface area (Å²) < 4.78 is 15.3. The molecule has 0 saturated heterocycles. The number of fused-ring (bicyclic) bond motifs is 9. The van der Waals surface area contributed by atoms with E-state index in [1.165, 1.54) is 38.5 Å². The molecule has 0 spiro atoms. The fourth-order valence-electron chi connectivity index (χ4n) is 9.13. The highest BCUT2D eigenvalue weighted by Gasteiger charge is 2.24. The van der Waals surface area contributed by atoms with Gasteiger partial charge in [0.1, 0.15) is 22.3 Å². The average molecular weight is 743 g/mol. The van der Waals surface area contributed by atoms with Crippen LogP contribution in [0.1, 0.15) is 0 Å². The first-order valence-electron chi connectivity index (χ1n) is 19.7. The number of furan rings is 2. The fraction of sp³-hybridized carbons (Fsp3) is 0. The highest BCUT2D eigenvalue weighted by Crippen LogP contribution is 2.47. The highest BCUT2D eigenvalue weighted by molar-refractivity contribution is 6.18. The third-order valence-corrected chi connectivity index (χ3v) is 11.6. The van der Waals surface area contributed by atoms with Gasteiger partial charge in [0.05, 0.1) is 38.9 Å². The number of benzene rings is 9. The molecule has 3 aromatic heterocycles. The Morgan fingerprint density at radius 3 is 1.36 bits per heavy atom. The number of nitrogens with zero attached hydrogens (tertiary/aromatic N) is 2. The topological polar surface area (TPSA) is 34.5 Å². The Morgan fingerprint density at radius 2 is 0.776 bits per heavy atom. The third kappa shape index (κ3) is 4.88. The summed E-state index contributed by atoms with van der Waals surface area (Å²) in [6.07, 6.45) is 0. The lowest BCUT2D eigenvalue weighted by Crippen LogP contribution is -2.10. The van der Waals surface area contributed by atoms with E-state index in [4.69, 9.17) is 8.83 Å². The van der Waals surface area contributed by atoms with E-state index in [9.17, 15) is 0 Å². The maximum atomic E-state index is 6.43. The molecule has 0 amide bonds. The van der Waals surface area contributed by atoms with Crippen LogP contribution in [0, 0.1) is 0 Å². The van der Waals surface area contributed by atoms with Crippen LogP contribution < -0.4 is 4.90 Å². The van der Waals surface area contributed by atoms with Crippen LogP contribution >= 0.6 is 0 Å². The molecule has 272 valence electrons. The lowest BCUT2D eigenvalue weighted by molar-refractivity contribution is 0.668. The van der Waals surface area contributed by atoms with Crippen molar-refractivity contribution < 1.29 is 8.83 Å². The second kappa shape index (κ2) is 12.9. The smallest absolute Gasteiger partial charge is 0.137 e. The molecule has 0 radical (unpaired) electrons. The molecule has 12 rings (SSSR count). The molecule has 0 fully saturated rings. The zero-order valence-corrected chi connectivity index (χ0v) is 31.3. The van der Waals surface area contributed by atoms with Crippen molar-refractivity contribution in [3.8, 4) is 27.9 Å². The monoisotopic (exact) mass is 742 g/mol. The standard InChI is InChI=1S/C54H34N2O2/c1-2-16-38(39-17-3-8-22-44(39)56-45-23-9-4-18-40(45)41-19-5-10-24-46(41)56)37(15-1)35-31-33-36(34-32-35)55(47-25-13-29-51-53(47)42-20-6-11-27-49(42)57-51)48-26-14-30-52-54(48)43-21-7-12-28-50(43)58-52/h1-34H. The van der Waals surface area contributed by atoms with Gasteiger partial charge >= 0.3 is 0 Å². The Kier molecular flexibility index (Phi) is 7.20. The minimum atomic E-state index is 0.848. The minimum absolute atomic E-state index is 0.848. The predicted molar refractivity (Wildman–Crippen MR) is 241 cm³/mol. The molecule has 0 N–H and O–H groups in total.